The number of esters is 1. The first-order valence-corrected chi connectivity index (χ1v) is 6.20. The van der Waals surface area contributed by atoms with Crippen molar-refractivity contribution in [3.63, 3.8) is 0 Å². The molecule has 0 radical (unpaired) electrons. The Morgan fingerprint density at radius 1 is 1.10 bits per heavy atom. The Kier molecular flexibility index (Phi) is 5.47. The van der Waals surface area contributed by atoms with E-state index in [1.54, 1.807) is 0 Å². The van der Waals surface area contributed by atoms with E-state index in [4.69, 9.17) is 0 Å². The smallest absolute Gasteiger partial charge is 0.431 e. The van der Waals surface area contributed by atoms with Crippen molar-refractivity contribution in [1.82, 2.24) is 0 Å². The summed E-state index contributed by atoms with van der Waals surface area (Å²) < 4.78 is 65.5. The highest BCUT2D eigenvalue weighted by Gasteiger charge is 2.50. The van der Waals surface area contributed by atoms with Crippen LogP contribution in [0.5, 0.6) is 0 Å². The summed E-state index contributed by atoms with van der Waals surface area (Å²) in [5, 5.41) is 0. The second kappa shape index (κ2) is 6.49. The van der Waals surface area contributed by atoms with Crippen LogP contribution < -0.4 is 0 Å². The zero-order chi connectivity index (χ0) is 15.5. The van der Waals surface area contributed by atoms with Gasteiger partial charge in [0.05, 0.1) is 5.92 Å². The van der Waals surface area contributed by atoms with E-state index in [9.17, 15) is 31.5 Å². The van der Waals surface area contributed by atoms with Gasteiger partial charge in [-0.2, -0.15) is 13.2 Å². The summed E-state index contributed by atoms with van der Waals surface area (Å²) in [6.07, 6.45) is -10.9. The van der Waals surface area contributed by atoms with Gasteiger partial charge in [0, 0.05) is 5.92 Å². The fourth-order valence-corrected chi connectivity index (χ4v) is 2.37. The van der Waals surface area contributed by atoms with Crippen LogP contribution in [0.3, 0.4) is 0 Å². The average molecular weight is 302 g/mol. The standard InChI is InChI=1S/C12H15F5O3/c1-6(18)7-4-2-3-5-8(7)11(19)20-9(10(13)14)12(15,16)17/h7-10H,2-5H2,1H3. The van der Waals surface area contributed by atoms with Crippen molar-refractivity contribution in [1.29, 1.82) is 0 Å². The van der Waals surface area contributed by atoms with E-state index in [-0.39, 0.29) is 12.2 Å². The van der Waals surface area contributed by atoms with Gasteiger partial charge in [-0.1, -0.05) is 12.8 Å². The first-order valence-electron chi connectivity index (χ1n) is 6.20. The quantitative estimate of drug-likeness (QED) is 0.592. The van der Waals surface area contributed by atoms with Crippen molar-refractivity contribution in [2.75, 3.05) is 0 Å². The summed E-state index contributed by atoms with van der Waals surface area (Å²) in [5.41, 5.74) is 0. The lowest BCUT2D eigenvalue weighted by Gasteiger charge is -2.29. The van der Waals surface area contributed by atoms with Gasteiger partial charge in [0.1, 0.15) is 5.78 Å². The van der Waals surface area contributed by atoms with E-state index in [1.165, 1.54) is 6.92 Å². The summed E-state index contributed by atoms with van der Waals surface area (Å²) >= 11 is 0. The Morgan fingerprint density at radius 3 is 2.00 bits per heavy atom. The number of halogens is 5. The predicted octanol–water partition coefficient (Wildman–Crippen LogP) is 3.12. The minimum atomic E-state index is -5.33. The van der Waals surface area contributed by atoms with E-state index < -0.39 is 36.5 Å². The molecule has 1 saturated carbocycles. The van der Waals surface area contributed by atoms with Crippen molar-refractivity contribution >= 4 is 11.8 Å². The molecule has 1 aliphatic carbocycles. The topological polar surface area (TPSA) is 43.4 Å². The molecular formula is C12H15F5O3. The van der Waals surface area contributed by atoms with Crippen LogP contribution in [0.1, 0.15) is 32.6 Å². The van der Waals surface area contributed by atoms with Crippen molar-refractivity contribution in [3.8, 4) is 0 Å². The number of rotatable bonds is 4. The predicted molar refractivity (Wildman–Crippen MR) is 58.1 cm³/mol. The summed E-state index contributed by atoms with van der Waals surface area (Å²) in [5.74, 6) is -3.52. The summed E-state index contributed by atoms with van der Waals surface area (Å²) in [7, 11) is 0. The van der Waals surface area contributed by atoms with Crippen molar-refractivity contribution < 1.29 is 36.3 Å². The highest BCUT2D eigenvalue weighted by atomic mass is 19.4. The van der Waals surface area contributed by atoms with Crippen LogP contribution in [-0.2, 0) is 14.3 Å². The first kappa shape index (κ1) is 16.8. The Morgan fingerprint density at radius 2 is 1.60 bits per heavy atom. The molecule has 116 valence electrons. The second-order valence-corrected chi connectivity index (χ2v) is 4.84. The van der Waals surface area contributed by atoms with Crippen LogP contribution in [0.4, 0.5) is 22.0 Å². The number of carbonyl (C=O) groups is 2. The average Bonchev–Trinajstić information content (AvgIpc) is 2.33. The largest absolute Gasteiger partial charge is 0.446 e. The minimum absolute atomic E-state index is 0.177. The molecule has 0 amide bonds. The lowest BCUT2D eigenvalue weighted by atomic mass is 9.77. The highest BCUT2D eigenvalue weighted by Crippen LogP contribution is 2.34. The van der Waals surface area contributed by atoms with Gasteiger partial charge in [-0.25, -0.2) is 8.78 Å². The van der Waals surface area contributed by atoms with Crippen LogP contribution in [0.15, 0.2) is 0 Å². The van der Waals surface area contributed by atoms with E-state index in [0.29, 0.717) is 19.3 Å². The summed E-state index contributed by atoms with van der Waals surface area (Å²) in [6.45, 7) is 1.23. The molecule has 0 saturated heterocycles. The molecule has 0 aromatic heterocycles. The molecule has 0 aliphatic heterocycles. The molecule has 0 heterocycles. The maximum Gasteiger partial charge on any atom is 0.431 e. The molecule has 20 heavy (non-hydrogen) atoms. The van der Waals surface area contributed by atoms with Gasteiger partial charge in [0.15, 0.2) is 0 Å². The fourth-order valence-electron chi connectivity index (χ4n) is 2.37. The number of carbonyl (C=O) groups excluding carboxylic acids is 2. The number of hydrogen-bond acceptors (Lipinski definition) is 3. The maximum absolute atomic E-state index is 12.3. The zero-order valence-electron chi connectivity index (χ0n) is 10.8. The van der Waals surface area contributed by atoms with E-state index in [0.717, 1.165) is 0 Å². The number of alkyl halides is 5. The van der Waals surface area contributed by atoms with Crippen LogP contribution in [0.25, 0.3) is 0 Å². The SMILES string of the molecule is CC(=O)C1CCCCC1C(=O)OC(C(F)F)C(F)(F)F. The van der Waals surface area contributed by atoms with E-state index >= 15 is 0 Å². The van der Waals surface area contributed by atoms with Crippen LogP contribution in [0, 0.1) is 11.8 Å². The second-order valence-electron chi connectivity index (χ2n) is 4.84. The van der Waals surface area contributed by atoms with Gasteiger partial charge < -0.3 is 4.74 Å². The maximum atomic E-state index is 12.3. The lowest BCUT2D eigenvalue weighted by Crippen LogP contribution is -2.43. The molecular weight excluding hydrogens is 287 g/mol. The van der Waals surface area contributed by atoms with Gasteiger partial charge in [-0.15, -0.1) is 0 Å². The number of ether oxygens (including phenoxy) is 1. The zero-order valence-corrected chi connectivity index (χ0v) is 10.8. The Bertz CT molecular complexity index is 367. The summed E-state index contributed by atoms with van der Waals surface area (Å²) in [4.78, 5) is 23.0. The minimum Gasteiger partial charge on any atom is -0.446 e. The fraction of sp³-hybridized carbons (Fsp3) is 0.833. The van der Waals surface area contributed by atoms with Crippen LogP contribution >= 0.6 is 0 Å². The van der Waals surface area contributed by atoms with Gasteiger partial charge in [0.25, 0.3) is 12.5 Å². The molecule has 3 nitrogen and oxygen atoms in total. The molecule has 1 rings (SSSR count). The molecule has 0 aromatic carbocycles. The van der Waals surface area contributed by atoms with Gasteiger partial charge >= 0.3 is 12.1 Å². The molecule has 0 N–H and O–H groups in total. The normalized spacial score (nSPS) is 25.4. The molecule has 0 aromatic rings. The number of ketones is 1. The third kappa shape index (κ3) is 4.14. The van der Waals surface area contributed by atoms with Crippen molar-refractivity contribution in [2.24, 2.45) is 11.8 Å². The molecule has 8 heteroatoms. The van der Waals surface area contributed by atoms with Gasteiger partial charge in [-0.05, 0) is 19.8 Å². The first-order chi connectivity index (χ1) is 9.14. The van der Waals surface area contributed by atoms with E-state index in [1.807, 2.05) is 0 Å². The Balaban J connectivity index is 2.79. The third-order valence-corrected chi connectivity index (χ3v) is 3.39. The third-order valence-electron chi connectivity index (χ3n) is 3.39. The Labute approximate surface area is 112 Å². The highest BCUT2D eigenvalue weighted by molar-refractivity contribution is 5.85. The monoisotopic (exact) mass is 302 g/mol. The molecule has 3 atom stereocenters. The number of hydrogen-bond donors (Lipinski definition) is 0. The van der Waals surface area contributed by atoms with Crippen LogP contribution in [0.2, 0.25) is 0 Å². The van der Waals surface area contributed by atoms with Crippen molar-refractivity contribution in [3.05, 3.63) is 0 Å². The summed E-state index contributed by atoms with van der Waals surface area (Å²) in [6, 6.07) is 0. The molecule has 0 spiro atoms. The van der Waals surface area contributed by atoms with E-state index in [2.05, 4.69) is 4.74 Å². The Hall–Kier alpha value is -1.21. The molecule has 1 fully saturated rings. The lowest BCUT2D eigenvalue weighted by molar-refractivity contribution is -0.251. The van der Waals surface area contributed by atoms with Crippen molar-refractivity contribution in [2.45, 2.75) is 51.3 Å². The van der Waals surface area contributed by atoms with Gasteiger partial charge in [-0.3, -0.25) is 9.59 Å². The molecule has 3 unspecified atom stereocenters. The van der Waals surface area contributed by atoms with Crippen LogP contribution in [-0.4, -0.2) is 30.5 Å². The molecule has 1 aliphatic rings. The molecule has 0 bridgehead atoms. The van der Waals surface area contributed by atoms with Gasteiger partial charge in [0.2, 0.25) is 0 Å². The number of Topliss-reactive ketones (excluding diaryl/α,β-unsaturated/α-hetero) is 1.